The quantitative estimate of drug-likeness (QED) is 0.698. The third kappa shape index (κ3) is 6.57. The standard InChI is InChI=1S/C20H23NO5/c1-3-24-14-19(22)26-15(2)20(23)21-17-9-11-18(12-10-17)25-13-16-7-5-4-6-8-16/h4-12,15H,3,13-14H2,1-2H3,(H,21,23)/t15-/m0/s1. The SMILES string of the molecule is CCOCC(=O)O[C@@H](C)C(=O)Nc1ccc(OCc2ccccc2)cc1. The molecule has 26 heavy (non-hydrogen) atoms. The Kier molecular flexibility index (Phi) is 7.64. The second-order valence-corrected chi connectivity index (χ2v) is 5.56. The van der Waals surface area contributed by atoms with E-state index in [1.807, 2.05) is 30.3 Å². The van der Waals surface area contributed by atoms with Crippen LogP contribution in [0.4, 0.5) is 5.69 Å². The highest BCUT2D eigenvalue weighted by atomic mass is 16.6. The number of carbonyl (C=O) groups excluding carboxylic acids is 2. The molecular formula is C20H23NO5. The molecule has 0 fully saturated rings. The zero-order valence-corrected chi connectivity index (χ0v) is 14.9. The van der Waals surface area contributed by atoms with Crippen LogP contribution in [0.2, 0.25) is 0 Å². The zero-order chi connectivity index (χ0) is 18.8. The fraction of sp³-hybridized carbons (Fsp3) is 0.300. The van der Waals surface area contributed by atoms with Crippen LogP contribution in [-0.2, 0) is 25.7 Å². The van der Waals surface area contributed by atoms with Crippen LogP contribution in [-0.4, -0.2) is 31.2 Å². The molecule has 2 aromatic rings. The van der Waals surface area contributed by atoms with Crippen molar-refractivity contribution in [3.63, 3.8) is 0 Å². The highest BCUT2D eigenvalue weighted by molar-refractivity contribution is 5.95. The van der Waals surface area contributed by atoms with Crippen LogP contribution in [0.3, 0.4) is 0 Å². The van der Waals surface area contributed by atoms with Crippen LogP contribution in [0.5, 0.6) is 5.75 Å². The number of esters is 1. The van der Waals surface area contributed by atoms with Crippen molar-refractivity contribution in [1.82, 2.24) is 0 Å². The normalized spacial score (nSPS) is 11.5. The molecule has 2 rings (SSSR count). The van der Waals surface area contributed by atoms with E-state index in [-0.39, 0.29) is 6.61 Å². The van der Waals surface area contributed by atoms with E-state index >= 15 is 0 Å². The van der Waals surface area contributed by atoms with Gasteiger partial charge >= 0.3 is 5.97 Å². The molecule has 0 radical (unpaired) electrons. The maximum atomic E-state index is 12.1. The summed E-state index contributed by atoms with van der Waals surface area (Å²) in [5, 5.41) is 2.69. The maximum Gasteiger partial charge on any atom is 0.332 e. The van der Waals surface area contributed by atoms with Crippen molar-refractivity contribution < 1.29 is 23.8 Å². The summed E-state index contributed by atoms with van der Waals surface area (Å²) < 4.78 is 15.6. The number of amides is 1. The average Bonchev–Trinajstić information content (AvgIpc) is 2.66. The molecule has 0 aliphatic heterocycles. The van der Waals surface area contributed by atoms with Gasteiger partial charge in [-0.05, 0) is 43.7 Å². The number of rotatable bonds is 9. The first-order valence-corrected chi connectivity index (χ1v) is 8.43. The summed E-state index contributed by atoms with van der Waals surface area (Å²) in [5.41, 5.74) is 1.67. The average molecular weight is 357 g/mol. The minimum absolute atomic E-state index is 0.165. The molecule has 1 N–H and O–H groups in total. The Morgan fingerprint density at radius 3 is 2.38 bits per heavy atom. The summed E-state index contributed by atoms with van der Waals surface area (Å²) in [7, 11) is 0. The Morgan fingerprint density at radius 1 is 1.04 bits per heavy atom. The number of ether oxygens (including phenoxy) is 3. The van der Waals surface area contributed by atoms with E-state index in [1.165, 1.54) is 6.92 Å². The summed E-state index contributed by atoms with van der Waals surface area (Å²) in [6.07, 6.45) is -0.906. The lowest BCUT2D eigenvalue weighted by Crippen LogP contribution is -2.31. The van der Waals surface area contributed by atoms with E-state index in [0.29, 0.717) is 24.7 Å². The molecule has 6 nitrogen and oxygen atoms in total. The molecule has 1 amide bonds. The van der Waals surface area contributed by atoms with Crippen LogP contribution in [0.1, 0.15) is 19.4 Å². The molecular weight excluding hydrogens is 334 g/mol. The third-order valence-electron chi connectivity index (χ3n) is 3.47. The molecule has 0 bridgehead atoms. The molecule has 0 unspecified atom stereocenters. The fourth-order valence-electron chi connectivity index (χ4n) is 2.09. The lowest BCUT2D eigenvalue weighted by atomic mass is 10.2. The van der Waals surface area contributed by atoms with Crippen molar-refractivity contribution in [2.75, 3.05) is 18.5 Å². The van der Waals surface area contributed by atoms with E-state index in [4.69, 9.17) is 14.2 Å². The van der Waals surface area contributed by atoms with Crippen LogP contribution in [0, 0.1) is 0 Å². The minimum Gasteiger partial charge on any atom is -0.489 e. The summed E-state index contributed by atoms with van der Waals surface area (Å²) in [6, 6.07) is 16.8. The molecule has 0 saturated carbocycles. The molecule has 6 heteroatoms. The van der Waals surface area contributed by atoms with Gasteiger partial charge in [-0.25, -0.2) is 4.79 Å². The van der Waals surface area contributed by atoms with E-state index in [9.17, 15) is 9.59 Å². The molecule has 0 aliphatic rings. The van der Waals surface area contributed by atoms with Crippen molar-refractivity contribution in [2.45, 2.75) is 26.6 Å². The van der Waals surface area contributed by atoms with Gasteiger partial charge in [0.15, 0.2) is 6.10 Å². The lowest BCUT2D eigenvalue weighted by Gasteiger charge is -2.14. The first kappa shape index (κ1) is 19.5. The Hall–Kier alpha value is -2.86. The van der Waals surface area contributed by atoms with Crippen molar-refractivity contribution in [2.24, 2.45) is 0 Å². The van der Waals surface area contributed by atoms with Crippen molar-refractivity contribution in [1.29, 1.82) is 0 Å². The first-order valence-electron chi connectivity index (χ1n) is 8.43. The number of anilines is 1. The van der Waals surface area contributed by atoms with Gasteiger partial charge in [0.1, 0.15) is 19.0 Å². The predicted molar refractivity (Wildman–Crippen MR) is 97.9 cm³/mol. The van der Waals surface area contributed by atoms with Crippen molar-refractivity contribution in [3.8, 4) is 5.75 Å². The van der Waals surface area contributed by atoms with Crippen LogP contribution in [0.15, 0.2) is 54.6 Å². The highest BCUT2D eigenvalue weighted by Gasteiger charge is 2.17. The second kappa shape index (κ2) is 10.2. The first-order chi connectivity index (χ1) is 12.6. The molecule has 1 atom stereocenters. The Labute approximate surface area is 153 Å². The number of nitrogens with one attached hydrogen (secondary N) is 1. The van der Waals surface area contributed by atoms with Crippen molar-refractivity contribution in [3.05, 3.63) is 60.2 Å². The molecule has 0 heterocycles. The molecule has 0 saturated heterocycles. The third-order valence-corrected chi connectivity index (χ3v) is 3.47. The topological polar surface area (TPSA) is 73.9 Å². The summed E-state index contributed by atoms with van der Waals surface area (Å²) in [4.78, 5) is 23.5. The molecule has 138 valence electrons. The summed E-state index contributed by atoms with van der Waals surface area (Å²) >= 11 is 0. The molecule has 2 aromatic carbocycles. The number of carbonyl (C=O) groups is 2. The van der Waals surface area contributed by atoms with Gasteiger partial charge in [-0.15, -0.1) is 0 Å². The van der Waals surface area contributed by atoms with Gasteiger partial charge < -0.3 is 19.5 Å². The van der Waals surface area contributed by atoms with Gasteiger partial charge in [0.05, 0.1) is 0 Å². The van der Waals surface area contributed by atoms with E-state index < -0.39 is 18.0 Å². The van der Waals surface area contributed by atoms with Gasteiger partial charge in [0.25, 0.3) is 5.91 Å². The van der Waals surface area contributed by atoms with Crippen LogP contribution >= 0.6 is 0 Å². The fourth-order valence-corrected chi connectivity index (χ4v) is 2.09. The zero-order valence-electron chi connectivity index (χ0n) is 14.9. The van der Waals surface area contributed by atoms with Crippen molar-refractivity contribution >= 4 is 17.6 Å². The summed E-state index contributed by atoms with van der Waals surface area (Å²) in [5.74, 6) is -0.282. The van der Waals surface area contributed by atoms with Gasteiger partial charge in [0, 0.05) is 12.3 Å². The highest BCUT2D eigenvalue weighted by Crippen LogP contribution is 2.17. The van der Waals surface area contributed by atoms with Gasteiger partial charge in [-0.3, -0.25) is 4.79 Å². The Morgan fingerprint density at radius 2 is 1.73 bits per heavy atom. The number of benzene rings is 2. The maximum absolute atomic E-state index is 12.1. The predicted octanol–water partition coefficient (Wildman–Crippen LogP) is 3.17. The van der Waals surface area contributed by atoms with Gasteiger partial charge in [-0.2, -0.15) is 0 Å². The molecule has 0 spiro atoms. The van der Waals surface area contributed by atoms with Gasteiger partial charge in [0.2, 0.25) is 0 Å². The molecule has 0 aliphatic carbocycles. The van der Waals surface area contributed by atoms with Gasteiger partial charge in [-0.1, -0.05) is 30.3 Å². The number of hydrogen-bond donors (Lipinski definition) is 1. The largest absolute Gasteiger partial charge is 0.489 e. The van der Waals surface area contributed by atoms with E-state index in [1.54, 1.807) is 31.2 Å². The summed E-state index contributed by atoms with van der Waals surface area (Å²) in [6.45, 7) is 4.00. The Balaban J connectivity index is 1.80. The molecule has 0 aromatic heterocycles. The second-order valence-electron chi connectivity index (χ2n) is 5.56. The van der Waals surface area contributed by atoms with E-state index in [2.05, 4.69) is 5.32 Å². The number of hydrogen-bond acceptors (Lipinski definition) is 5. The minimum atomic E-state index is -0.906. The van der Waals surface area contributed by atoms with Crippen LogP contribution < -0.4 is 10.1 Å². The Bertz CT molecular complexity index is 700. The van der Waals surface area contributed by atoms with E-state index in [0.717, 1.165) is 5.56 Å². The lowest BCUT2D eigenvalue weighted by molar-refractivity contribution is -0.157. The van der Waals surface area contributed by atoms with Crippen LogP contribution in [0.25, 0.3) is 0 Å². The smallest absolute Gasteiger partial charge is 0.332 e. The monoisotopic (exact) mass is 357 g/mol.